The number of nitrogens with two attached hydrogens (primary N) is 1. The highest BCUT2D eigenvalue weighted by Gasteiger charge is 2.23. The summed E-state index contributed by atoms with van der Waals surface area (Å²) in [5.74, 6) is -0.895. The van der Waals surface area contributed by atoms with Crippen molar-refractivity contribution in [1.82, 2.24) is 4.72 Å². The van der Waals surface area contributed by atoms with Crippen molar-refractivity contribution in [3.63, 3.8) is 0 Å². The molecule has 6 nitrogen and oxygen atoms in total. The third kappa shape index (κ3) is 4.13. The molecule has 0 radical (unpaired) electrons. The van der Waals surface area contributed by atoms with Crippen LogP contribution in [0.5, 0.6) is 0 Å². The van der Waals surface area contributed by atoms with E-state index in [4.69, 9.17) is 15.2 Å². The van der Waals surface area contributed by atoms with Crippen LogP contribution in [0.3, 0.4) is 0 Å². The average Bonchev–Trinajstić information content (AvgIpc) is 2.34. The summed E-state index contributed by atoms with van der Waals surface area (Å²) in [4.78, 5) is -0.553. The lowest BCUT2D eigenvalue weighted by atomic mass is 10.3. The first-order valence-corrected chi connectivity index (χ1v) is 6.96. The van der Waals surface area contributed by atoms with E-state index >= 15 is 0 Å². The first-order chi connectivity index (χ1) is 8.92. The van der Waals surface area contributed by atoms with E-state index in [1.165, 1.54) is 26.4 Å². The van der Waals surface area contributed by atoms with Crippen molar-refractivity contribution >= 4 is 15.7 Å². The van der Waals surface area contributed by atoms with Crippen LogP contribution in [0.4, 0.5) is 10.1 Å². The molecule has 1 atom stereocenters. The van der Waals surface area contributed by atoms with E-state index in [0.717, 1.165) is 6.07 Å². The van der Waals surface area contributed by atoms with Crippen LogP contribution in [0.1, 0.15) is 0 Å². The number of hydrogen-bond acceptors (Lipinski definition) is 5. The van der Waals surface area contributed by atoms with Gasteiger partial charge in [-0.05, 0) is 12.1 Å². The van der Waals surface area contributed by atoms with E-state index < -0.39 is 26.8 Å². The van der Waals surface area contributed by atoms with Gasteiger partial charge in [0.2, 0.25) is 10.0 Å². The molecule has 0 spiro atoms. The van der Waals surface area contributed by atoms with E-state index in [1.54, 1.807) is 0 Å². The number of ether oxygens (including phenoxy) is 2. The Morgan fingerprint density at radius 2 is 2.11 bits per heavy atom. The minimum Gasteiger partial charge on any atom is -0.398 e. The summed E-state index contributed by atoms with van der Waals surface area (Å²) in [6, 6.07) is 3.70. The zero-order chi connectivity index (χ0) is 14.5. The number of sulfonamides is 1. The third-order valence-corrected chi connectivity index (χ3v) is 3.97. The molecular formula is C11H17FN2O4S. The Morgan fingerprint density at radius 1 is 1.42 bits per heavy atom. The molecule has 19 heavy (non-hydrogen) atoms. The van der Waals surface area contributed by atoms with Gasteiger partial charge in [-0.25, -0.2) is 17.5 Å². The van der Waals surface area contributed by atoms with Gasteiger partial charge in [-0.1, -0.05) is 6.07 Å². The highest BCUT2D eigenvalue weighted by atomic mass is 32.2. The summed E-state index contributed by atoms with van der Waals surface area (Å²) in [7, 11) is -1.14. The summed E-state index contributed by atoms with van der Waals surface area (Å²) in [6.45, 7) is 0.173. The Labute approximate surface area is 111 Å². The second-order valence-corrected chi connectivity index (χ2v) is 5.53. The van der Waals surface area contributed by atoms with E-state index in [-0.39, 0.29) is 18.8 Å². The molecule has 0 aliphatic carbocycles. The molecule has 0 aromatic heterocycles. The van der Waals surface area contributed by atoms with Crippen LogP contribution in [-0.2, 0) is 19.5 Å². The summed E-state index contributed by atoms with van der Waals surface area (Å²) >= 11 is 0. The predicted molar refractivity (Wildman–Crippen MR) is 68.7 cm³/mol. The summed E-state index contributed by atoms with van der Waals surface area (Å²) in [5, 5.41) is 0. The Kier molecular flexibility index (Phi) is 5.67. The van der Waals surface area contributed by atoms with Crippen LogP contribution in [0.2, 0.25) is 0 Å². The third-order valence-electron chi connectivity index (χ3n) is 2.45. The normalized spacial score (nSPS) is 13.4. The minimum atomic E-state index is -4.03. The van der Waals surface area contributed by atoms with Crippen LogP contribution in [0.25, 0.3) is 0 Å². The fourth-order valence-electron chi connectivity index (χ4n) is 1.48. The van der Waals surface area contributed by atoms with Crippen molar-refractivity contribution < 1.29 is 22.3 Å². The molecule has 0 saturated heterocycles. The molecular weight excluding hydrogens is 275 g/mol. The van der Waals surface area contributed by atoms with Gasteiger partial charge in [0.25, 0.3) is 0 Å². The predicted octanol–water partition coefficient (Wildman–Crippen LogP) is 0.348. The molecule has 1 unspecified atom stereocenters. The van der Waals surface area contributed by atoms with E-state index in [1.807, 2.05) is 0 Å². The van der Waals surface area contributed by atoms with Gasteiger partial charge in [0.1, 0.15) is 10.7 Å². The molecule has 0 bridgehead atoms. The molecule has 1 aromatic carbocycles. The number of nitrogen functional groups attached to an aromatic ring is 1. The van der Waals surface area contributed by atoms with Crippen molar-refractivity contribution in [2.45, 2.75) is 11.0 Å². The quantitative estimate of drug-likeness (QED) is 0.708. The summed E-state index contributed by atoms with van der Waals surface area (Å²) in [6.07, 6.45) is -0.465. The SMILES string of the molecule is COCC(CNS(=O)(=O)c1c(N)cccc1F)OC. The molecule has 1 aromatic rings. The highest BCUT2D eigenvalue weighted by molar-refractivity contribution is 7.89. The van der Waals surface area contributed by atoms with Gasteiger partial charge in [0.05, 0.1) is 18.4 Å². The van der Waals surface area contributed by atoms with Gasteiger partial charge in [-0.3, -0.25) is 0 Å². The molecule has 0 aliphatic heterocycles. The topological polar surface area (TPSA) is 90.7 Å². The van der Waals surface area contributed by atoms with Crippen LogP contribution in [0, 0.1) is 5.82 Å². The standard InChI is InChI=1S/C11H17FN2O4S/c1-17-7-8(18-2)6-14-19(15,16)11-9(12)4-3-5-10(11)13/h3-5,8,14H,6-7,13H2,1-2H3. The maximum atomic E-state index is 13.5. The number of benzene rings is 1. The lowest BCUT2D eigenvalue weighted by Gasteiger charge is -2.16. The van der Waals surface area contributed by atoms with Gasteiger partial charge in [-0.2, -0.15) is 0 Å². The van der Waals surface area contributed by atoms with Crippen LogP contribution < -0.4 is 10.5 Å². The highest BCUT2D eigenvalue weighted by Crippen LogP contribution is 2.21. The van der Waals surface area contributed by atoms with Crippen LogP contribution in [-0.4, -0.2) is 41.9 Å². The lowest BCUT2D eigenvalue weighted by molar-refractivity contribution is 0.0320. The van der Waals surface area contributed by atoms with Crippen LogP contribution >= 0.6 is 0 Å². The maximum absolute atomic E-state index is 13.5. The molecule has 0 aliphatic rings. The second kappa shape index (κ2) is 6.80. The molecule has 1 rings (SSSR count). The molecule has 0 heterocycles. The maximum Gasteiger partial charge on any atom is 0.245 e. The fourth-order valence-corrected chi connectivity index (χ4v) is 2.73. The Hall–Kier alpha value is -1.22. The van der Waals surface area contributed by atoms with Gasteiger partial charge in [-0.15, -0.1) is 0 Å². The van der Waals surface area contributed by atoms with Crippen molar-refractivity contribution in [3.8, 4) is 0 Å². The number of rotatable bonds is 7. The second-order valence-electron chi connectivity index (χ2n) is 3.82. The number of methoxy groups -OCH3 is 2. The van der Waals surface area contributed by atoms with Gasteiger partial charge < -0.3 is 15.2 Å². The molecule has 0 amide bonds. The number of hydrogen-bond donors (Lipinski definition) is 2. The van der Waals surface area contributed by atoms with Crippen molar-refractivity contribution in [2.24, 2.45) is 0 Å². The first kappa shape index (κ1) is 15.8. The smallest absolute Gasteiger partial charge is 0.245 e. The van der Waals surface area contributed by atoms with Crippen molar-refractivity contribution in [1.29, 1.82) is 0 Å². The lowest BCUT2D eigenvalue weighted by Crippen LogP contribution is -2.36. The average molecular weight is 292 g/mol. The fraction of sp³-hybridized carbons (Fsp3) is 0.455. The summed E-state index contributed by atoms with van der Waals surface area (Å²) in [5.41, 5.74) is 5.34. The number of nitrogens with one attached hydrogen (secondary N) is 1. The zero-order valence-electron chi connectivity index (χ0n) is 10.7. The van der Waals surface area contributed by atoms with E-state index in [2.05, 4.69) is 4.72 Å². The number of halogens is 1. The van der Waals surface area contributed by atoms with E-state index in [9.17, 15) is 12.8 Å². The molecule has 3 N–H and O–H groups in total. The Balaban J connectivity index is 2.87. The minimum absolute atomic E-state index is 0.0412. The largest absolute Gasteiger partial charge is 0.398 e. The van der Waals surface area contributed by atoms with Crippen molar-refractivity contribution in [2.75, 3.05) is 33.1 Å². The first-order valence-electron chi connectivity index (χ1n) is 5.47. The Bertz CT molecular complexity index is 501. The molecule has 108 valence electrons. The molecule has 8 heteroatoms. The monoisotopic (exact) mass is 292 g/mol. The molecule has 0 fully saturated rings. The van der Waals surface area contributed by atoms with Gasteiger partial charge in [0.15, 0.2) is 0 Å². The van der Waals surface area contributed by atoms with Gasteiger partial charge in [0, 0.05) is 20.8 Å². The zero-order valence-corrected chi connectivity index (χ0v) is 11.5. The van der Waals surface area contributed by atoms with Crippen molar-refractivity contribution in [3.05, 3.63) is 24.0 Å². The summed E-state index contributed by atoms with van der Waals surface area (Å²) < 4.78 is 49.6. The number of anilines is 1. The van der Waals surface area contributed by atoms with Crippen LogP contribution in [0.15, 0.2) is 23.1 Å². The Morgan fingerprint density at radius 3 is 2.63 bits per heavy atom. The van der Waals surface area contributed by atoms with Gasteiger partial charge >= 0.3 is 0 Å². The van der Waals surface area contributed by atoms with E-state index in [0.29, 0.717) is 0 Å². The molecule has 0 saturated carbocycles.